The number of hydrogen-bond donors (Lipinski definition) is 8. The SMILES string of the molecule is c1ccc(C2CCC3C4NC5NC(NC6NC(NC7NC(NC(N4)C3C2c2ccccc2)C2CCCCC72)C2CCCCC62)C2CCCCC52)cc1. The summed E-state index contributed by atoms with van der Waals surface area (Å²) < 4.78 is 0. The Morgan fingerprint density at radius 3 is 1.02 bits per heavy atom. The molecule has 5 aliphatic heterocycles. The Bertz CT molecular complexity index is 1520. The zero-order valence-corrected chi connectivity index (χ0v) is 31.1. The molecule has 0 spiro atoms. The highest BCUT2D eigenvalue weighted by Crippen LogP contribution is 2.54. The van der Waals surface area contributed by atoms with Gasteiger partial charge < -0.3 is 0 Å². The maximum absolute atomic E-state index is 4.43. The molecule has 9 fully saturated rings. The minimum Gasteiger partial charge on any atom is -0.286 e. The first-order valence-electron chi connectivity index (χ1n) is 22.0. The number of nitrogens with one attached hydrogen (secondary N) is 8. The summed E-state index contributed by atoms with van der Waals surface area (Å²) in [6.45, 7) is 0. The lowest BCUT2D eigenvalue weighted by atomic mass is 9.62. The van der Waals surface area contributed by atoms with Crippen molar-refractivity contribution >= 4 is 0 Å². The molecule has 52 heavy (non-hydrogen) atoms. The summed E-state index contributed by atoms with van der Waals surface area (Å²) in [6.07, 6.45) is 21.4. The molecule has 9 aliphatic rings. The van der Waals surface area contributed by atoms with Crippen molar-refractivity contribution in [1.82, 2.24) is 42.5 Å². The highest BCUT2D eigenvalue weighted by atomic mass is 15.4. The van der Waals surface area contributed by atoms with Gasteiger partial charge in [-0.2, -0.15) is 0 Å². The van der Waals surface area contributed by atoms with Crippen LogP contribution in [0.1, 0.15) is 113 Å². The Morgan fingerprint density at radius 1 is 0.308 bits per heavy atom. The van der Waals surface area contributed by atoms with Gasteiger partial charge in [0.15, 0.2) is 0 Å². The molecule has 8 nitrogen and oxygen atoms in total. The van der Waals surface area contributed by atoms with Gasteiger partial charge in [0, 0.05) is 5.92 Å². The van der Waals surface area contributed by atoms with Crippen molar-refractivity contribution in [2.45, 2.75) is 151 Å². The number of fused-ring (bicyclic) bond motifs is 20. The first-order valence-corrected chi connectivity index (χ1v) is 22.0. The molecule has 5 saturated heterocycles. The van der Waals surface area contributed by atoms with E-state index >= 15 is 0 Å². The third-order valence-corrected chi connectivity index (χ3v) is 16.4. The van der Waals surface area contributed by atoms with Crippen LogP contribution >= 0.6 is 0 Å². The quantitative estimate of drug-likeness (QED) is 0.211. The lowest BCUT2D eigenvalue weighted by Gasteiger charge is -2.44. The van der Waals surface area contributed by atoms with Crippen LogP contribution in [0, 0.1) is 47.3 Å². The van der Waals surface area contributed by atoms with Crippen LogP contribution in [0.25, 0.3) is 0 Å². The Kier molecular flexibility index (Phi) is 9.01. The molecule has 18 unspecified atom stereocenters. The molecule has 2 aromatic rings. The number of rotatable bonds is 2. The molecule has 0 radical (unpaired) electrons. The molecule has 0 aromatic heterocycles. The molecule has 280 valence electrons. The molecule has 8 heteroatoms. The largest absolute Gasteiger partial charge is 0.286 e. The summed E-state index contributed by atoms with van der Waals surface area (Å²) in [5.74, 6) is 6.15. The summed E-state index contributed by atoms with van der Waals surface area (Å²) in [4.78, 5) is 0. The number of hydrogen-bond acceptors (Lipinski definition) is 8. The fourth-order valence-electron chi connectivity index (χ4n) is 14.3. The lowest BCUT2D eigenvalue weighted by molar-refractivity contribution is 0.142. The van der Waals surface area contributed by atoms with Crippen molar-refractivity contribution < 1.29 is 0 Å². The van der Waals surface area contributed by atoms with Crippen LogP contribution in [0.3, 0.4) is 0 Å². The summed E-state index contributed by atoms with van der Waals surface area (Å²) >= 11 is 0. The molecular formula is C44H64N8. The van der Waals surface area contributed by atoms with Crippen molar-refractivity contribution in [1.29, 1.82) is 0 Å². The predicted molar refractivity (Wildman–Crippen MR) is 206 cm³/mol. The van der Waals surface area contributed by atoms with Crippen molar-refractivity contribution in [3.63, 3.8) is 0 Å². The van der Waals surface area contributed by atoms with Crippen LogP contribution in [-0.4, -0.2) is 49.3 Å². The normalized spacial score (nSPS) is 49.8. The van der Waals surface area contributed by atoms with Gasteiger partial charge in [-0.15, -0.1) is 0 Å². The highest BCUT2D eigenvalue weighted by molar-refractivity contribution is 5.32. The van der Waals surface area contributed by atoms with E-state index in [1.54, 1.807) is 0 Å². The zero-order valence-electron chi connectivity index (χ0n) is 31.1. The molecule has 4 aliphatic carbocycles. The molecule has 11 rings (SSSR count). The Morgan fingerprint density at radius 2 is 0.635 bits per heavy atom. The average molecular weight is 705 g/mol. The second-order valence-electron chi connectivity index (χ2n) is 18.8. The van der Waals surface area contributed by atoms with Gasteiger partial charge in [0.1, 0.15) is 0 Å². The fraction of sp³-hybridized carbons (Fsp3) is 0.727. The molecule has 0 amide bonds. The molecule has 8 bridgehead atoms. The molecule has 18 atom stereocenters. The van der Waals surface area contributed by atoms with E-state index in [0.29, 0.717) is 96.2 Å². The van der Waals surface area contributed by atoms with Gasteiger partial charge in [0.25, 0.3) is 0 Å². The number of benzene rings is 2. The van der Waals surface area contributed by atoms with Crippen LogP contribution in [0.2, 0.25) is 0 Å². The van der Waals surface area contributed by atoms with Crippen LogP contribution in [-0.2, 0) is 0 Å². The van der Waals surface area contributed by atoms with E-state index in [4.69, 9.17) is 0 Å². The van der Waals surface area contributed by atoms with Crippen molar-refractivity contribution in [2.75, 3.05) is 0 Å². The third-order valence-electron chi connectivity index (χ3n) is 16.4. The molecule has 8 N–H and O–H groups in total. The van der Waals surface area contributed by atoms with E-state index < -0.39 is 0 Å². The van der Waals surface area contributed by atoms with Gasteiger partial charge in [0.2, 0.25) is 0 Å². The maximum Gasteiger partial charge on any atom is 0.0634 e. The van der Waals surface area contributed by atoms with Crippen LogP contribution in [0.4, 0.5) is 0 Å². The zero-order chi connectivity index (χ0) is 34.2. The molecule has 4 saturated carbocycles. The van der Waals surface area contributed by atoms with Crippen LogP contribution in [0.5, 0.6) is 0 Å². The molecular weight excluding hydrogens is 641 g/mol. The van der Waals surface area contributed by atoms with E-state index in [9.17, 15) is 0 Å². The topological polar surface area (TPSA) is 96.2 Å². The predicted octanol–water partition coefficient (Wildman–Crippen LogP) is 5.39. The van der Waals surface area contributed by atoms with E-state index in [-0.39, 0.29) is 12.3 Å². The van der Waals surface area contributed by atoms with Crippen molar-refractivity contribution in [2.24, 2.45) is 47.3 Å². The first-order chi connectivity index (χ1) is 25.8. The minimum atomic E-state index is 0.236. The molecule has 2 aromatic carbocycles. The fourth-order valence-corrected chi connectivity index (χ4v) is 14.3. The van der Waals surface area contributed by atoms with Crippen molar-refractivity contribution in [3.05, 3.63) is 71.8 Å². The van der Waals surface area contributed by atoms with Gasteiger partial charge >= 0.3 is 0 Å². The third kappa shape index (κ3) is 5.77. The van der Waals surface area contributed by atoms with Gasteiger partial charge in [-0.3, -0.25) is 42.5 Å². The van der Waals surface area contributed by atoms with Crippen LogP contribution in [0.15, 0.2) is 60.7 Å². The summed E-state index contributed by atoms with van der Waals surface area (Å²) in [7, 11) is 0. The highest BCUT2D eigenvalue weighted by Gasteiger charge is 2.57. The van der Waals surface area contributed by atoms with Crippen LogP contribution < -0.4 is 42.5 Å². The summed E-state index contributed by atoms with van der Waals surface area (Å²) in [5, 5.41) is 34.6. The van der Waals surface area contributed by atoms with E-state index in [1.165, 1.54) is 101 Å². The van der Waals surface area contributed by atoms with E-state index in [0.717, 1.165) is 0 Å². The molecule has 5 heterocycles. The Balaban J connectivity index is 0.982. The smallest absolute Gasteiger partial charge is 0.0634 e. The summed E-state index contributed by atoms with van der Waals surface area (Å²) in [5.41, 5.74) is 3.03. The average Bonchev–Trinajstić information content (AvgIpc) is 3.94. The Labute approximate surface area is 312 Å². The van der Waals surface area contributed by atoms with E-state index in [2.05, 4.69) is 103 Å². The Hall–Kier alpha value is -1.88. The van der Waals surface area contributed by atoms with Crippen molar-refractivity contribution in [3.8, 4) is 0 Å². The lowest BCUT2D eigenvalue weighted by Crippen LogP contribution is -2.61. The van der Waals surface area contributed by atoms with E-state index in [1.807, 2.05) is 0 Å². The van der Waals surface area contributed by atoms with Gasteiger partial charge in [-0.1, -0.05) is 99.2 Å². The van der Waals surface area contributed by atoms with Gasteiger partial charge in [-0.05, 0) is 116 Å². The monoisotopic (exact) mass is 705 g/mol. The standard InChI is InChI=1S/C44H64N8/c1-3-13-25(14-4-1)27-23-24-34-36(35(27)26-15-5-2-6-16-26)44-51-42-33-22-12-11-21-32(33)40(49-42)47-38-29-18-8-7-17-28(29)37(45-38)46-39-30-19-9-10-20-31(30)41(48-39)50-43(34)52-44/h1-6,13-16,27-52H,7-12,17-24H2. The second-order valence-corrected chi connectivity index (χ2v) is 18.8. The summed E-state index contributed by atoms with van der Waals surface area (Å²) in [6, 6.07) is 23.1. The van der Waals surface area contributed by atoms with Gasteiger partial charge in [-0.25, -0.2) is 0 Å². The second kappa shape index (κ2) is 14.0. The first kappa shape index (κ1) is 33.5. The van der Waals surface area contributed by atoms with Gasteiger partial charge in [0.05, 0.1) is 49.3 Å². The maximum atomic E-state index is 4.43. The minimum absolute atomic E-state index is 0.236.